The fourth-order valence-corrected chi connectivity index (χ4v) is 8.96. The zero-order valence-corrected chi connectivity index (χ0v) is 51.5. The first-order valence-corrected chi connectivity index (χ1v) is 32.8. The number of hydrogen-bond donors (Lipinski definition) is 1. The molecule has 0 fully saturated rings. The highest BCUT2D eigenvalue weighted by molar-refractivity contribution is 7.47. The van der Waals surface area contributed by atoms with E-state index in [1.54, 1.807) is 0 Å². The normalized spacial score (nSPS) is 14.1. The summed E-state index contributed by atoms with van der Waals surface area (Å²) in [5.74, 6) is -0.815. The maximum atomic E-state index is 12.8. The van der Waals surface area contributed by atoms with Crippen molar-refractivity contribution in [1.29, 1.82) is 0 Å². The first-order valence-electron chi connectivity index (χ1n) is 31.3. The number of likely N-dealkylation sites (N-methyl/N-ethyl adjacent to an activating group) is 1. The molecule has 0 aromatic carbocycles. The van der Waals surface area contributed by atoms with E-state index in [-0.39, 0.29) is 32.0 Å². The molecule has 0 heterocycles. The van der Waals surface area contributed by atoms with Crippen molar-refractivity contribution in [3.63, 3.8) is 0 Å². The molecule has 446 valence electrons. The molecular formula is C68H117NO8P+. The Kier molecular flexibility index (Phi) is 55.4. The summed E-state index contributed by atoms with van der Waals surface area (Å²) in [4.78, 5) is 35.7. The molecule has 2 unspecified atom stereocenters. The molecule has 0 aliphatic rings. The van der Waals surface area contributed by atoms with E-state index in [1.807, 2.05) is 21.1 Å². The topological polar surface area (TPSA) is 108 Å². The summed E-state index contributed by atoms with van der Waals surface area (Å²) >= 11 is 0. The van der Waals surface area contributed by atoms with E-state index in [0.717, 1.165) is 122 Å². The van der Waals surface area contributed by atoms with Gasteiger partial charge in [-0.05, 0) is 89.9 Å². The Bertz CT molecular complexity index is 1730. The Morgan fingerprint density at radius 1 is 0.410 bits per heavy atom. The summed E-state index contributed by atoms with van der Waals surface area (Å²) in [7, 11) is 1.46. The van der Waals surface area contributed by atoms with Crippen LogP contribution in [0, 0.1) is 0 Å². The van der Waals surface area contributed by atoms with E-state index in [1.165, 1.54) is 89.9 Å². The number of quaternary nitrogens is 1. The molecule has 0 bridgehead atoms. The molecule has 0 aliphatic heterocycles. The second kappa shape index (κ2) is 58.1. The van der Waals surface area contributed by atoms with Crippen LogP contribution in [0.1, 0.15) is 245 Å². The van der Waals surface area contributed by atoms with Gasteiger partial charge in [-0.15, -0.1) is 0 Å². The second-order valence-electron chi connectivity index (χ2n) is 21.7. The van der Waals surface area contributed by atoms with Crippen molar-refractivity contribution in [2.24, 2.45) is 0 Å². The third kappa shape index (κ3) is 61.6. The summed E-state index contributed by atoms with van der Waals surface area (Å²) in [6.45, 7) is 4.31. The predicted molar refractivity (Wildman–Crippen MR) is 334 cm³/mol. The minimum absolute atomic E-state index is 0.0240. The number of carbonyl (C=O) groups excluding carboxylic acids is 2. The summed E-state index contributed by atoms with van der Waals surface area (Å²) in [5.41, 5.74) is 0. The maximum absolute atomic E-state index is 12.8. The number of esters is 2. The monoisotopic (exact) mass is 1110 g/mol. The number of phosphoric ester groups is 1. The van der Waals surface area contributed by atoms with E-state index in [0.29, 0.717) is 17.4 Å². The number of rotatable bonds is 56. The van der Waals surface area contributed by atoms with Gasteiger partial charge in [0.25, 0.3) is 0 Å². The summed E-state index contributed by atoms with van der Waals surface area (Å²) in [6, 6.07) is 0. The average molecular weight is 1110 g/mol. The van der Waals surface area contributed by atoms with Crippen molar-refractivity contribution >= 4 is 19.8 Å². The Labute approximate surface area is 479 Å². The molecular weight excluding hydrogens is 990 g/mol. The standard InChI is InChI=1S/C68H116NO8P/c1-6-8-10-12-14-16-18-20-22-24-25-26-27-28-29-30-31-32-33-34-35-36-37-38-39-40-41-42-43-45-47-49-51-53-55-57-59-61-68(71)77-66(65-76-78(72,73)75-63-62-69(3,4)5)64-74-67(70)60-58-56-54-52-50-48-46-44-23-21-19-17-15-13-11-9-7-2/h8,10,14,16,20,22,25-26,28-29,31-32,34-35,37-38,40-41,43,45,66H,6-7,9,11-13,15,17-19,21,23-24,27,30,33,36,39,42,44,46-65H2,1-5H3/p+1/b10-8-,16-14-,22-20-,26-25-,29-28-,32-31-,35-34-,38-37-,41-40-,45-43-. The third-order valence-corrected chi connectivity index (χ3v) is 14.0. The zero-order chi connectivity index (χ0) is 57.0. The number of carbonyl (C=O) groups is 2. The fourth-order valence-electron chi connectivity index (χ4n) is 8.22. The highest BCUT2D eigenvalue weighted by atomic mass is 31.2. The van der Waals surface area contributed by atoms with Gasteiger partial charge >= 0.3 is 19.8 Å². The molecule has 0 rings (SSSR count). The largest absolute Gasteiger partial charge is 0.472 e. The highest BCUT2D eigenvalue weighted by Crippen LogP contribution is 2.43. The van der Waals surface area contributed by atoms with Crippen molar-refractivity contribution in [2.45, 2.75) is 251 Å². The van der Waals surface area contributed by atoms with Gasteiger partial charge in [-0.25, -0.2) is 4.57 Å². The predicted octanol–water partition coefficient (Wildman–Crippen LogP) is 19.9. The highest BCUT2D eigenvalue weighted by Gasteiger charge is 2.27. The van der Waals surface area contributed by atoms with Gasteiger partial charge in [0.05, 0.1) is 27.7 Å². The Morgan fingerprint density at radius 3 is 1.09 bits per heavy atom. The minimum atomic E-state index is -4.40. The number of nitrogens with zero attached hydrogens (tertiary/aromatic N) is 1. The average Bonchev–Trinajstić information content (AvgIpc) is 3.41. The second-order valence-corrected chi connectivity index (χ2v) is 23.2. The van der Waals surface area contributed by atoms with Gasteiger partial charge in [-0.2, -0.15) is 0 Å². The summed E-state index contributed by atoms with van der Waals surface area (Å²) < 4.78 is 34.6. The smallest absolute Gasteiger partial charge is 0.462 e. The van der Waals surface area contributed by atoms with Crippen LogP contribution in [-0.2, 0) is 32.7 Å². The number of allylic oxidation sites excluding steroid dienone is 20. The number of hydrogen-bond acceptors (Lipinski definition) is 7. The van der Waals surface area contributed by atoms with Crippen molar-refractivity contribution < 1.29 is 42.1 Å². The maximum Gasteiger partial charge on any atom is 0.472 e. The Morgan fingerprint density at radius 2 is 0.731 bits per heavy atom. The fraction of sp³-hybridized carbons (Fsp3) is 0.676. The van der Waals surface area contributed by atoms with Crippen LogP contribution in [0.3, 0.4) is 0 Å². The Balaban J connectivity index is 4.17. The first kappa shape index (κ1) is 74.4. The van der Waals surface area contributed by atoms with Crippen molar-refractivity contribution in [3.05, 3.63) is 122 Å². The lowest BCUT2D eigenvalue weighted by molar-refractivity contribution is -0.870. The van der Waals surface area contributed by atoms with Crippen LogP contribution >= 0.6 is 7.82 Å². The molecule has 0 radical (unpaired) electrons. The van der Waals surface area contributed by atoms with Crippen LogP contribution in [0.4, 0.5) is 0 Å². The molecule has 10 heteroatoms. The molecule has 0 saturated heterocycles. The molecule has 9 nitrogen and oxygen atoms in total. The van der Waals surface area contributed by atoms with E-state index < -0.39 is 26.5 Å². The third-order valence-electron chi connectivity index (χ3n) is 13.0. The minimum Gasteiger partial charge on any atom is -0.462 e. The van der Waals surface area contributed by atoms with E-state index in [4.69, 9.17) is 18.5 Å². The van der Waals surface area contributed by atoms with Crippen LogP contribution in [0.15, 0.2) is 122 Å². The molecule has 0 aromatic heterocycles. The lowest BCUT2D eigenvalue weighted by Gasteiger charge is -2.24. The van der Waals surface area contributed by atoms with Crippen molar-refractivity contribution in [3.8, 4) is 0 Å². The summed E-state index contributed by atoms with van der Waals surface area (Å²) in [6.07, 6.45) is 82.7. The van der Waals surface area contributed by atoms with Crippen LogP contribution in [0.5, 0.6) is 0 Å². The SMILES string of the molecule is CC/C=C\C/C=C\C/C=C\C/C=C\C/C=C\C/C=C\C/C=C\C/C=C\C/C=C\C/C=C\CCCCCCCCC(=O)OC(COC(=O)CCCCCCCCCCCCCCCCCCC)COP(=O)(O)OCC[N+](C)(C)C. The van der Waals surface area contributed by atoms with Crippen LogP contribution < -0.4 is 0 Å². The van der Waals surface area contributed by atoms with E-state index in [2.05, 4.69) is 135 Å². The lowest BCUT2D eigenvalue weighted by atomic mass is 10.0. The van der Waals surface area contributed by atoms with Crippen molar-refractivity contribution in [1.82, 2.24) is 0 Å². The summed E-state index contributed by atoms with van der Waals surface area (Å²) in [5, 5.41) is 0. The van der Waals surface area contributed by atoms with Gasteiger partial charge in [0.15, 0.2) is 6.10 Å². The number of phosphoric acid groups is 1. The number of ether oxygens (including phenoxy) is 2. The van der Waals surface area contributed by atoms with Crippen LogP contribution in [0.25, 0.3) is 0 Å². The molecule has 0 aromatic rings. The van der Waals surface area contributed by atoms with Gasteiger partial charge in [-0.3, -0.25) is 18.6 Å². The molecule has 2 atom stereocenters. The molecule has 0 amide bonds. The number of unbranched alkanes of at least 4 members (excludes halogenated alkanes) is 22. The zero-order valence-electron chi connectivity index (χ0n) is 50.6. The van der Waals surface area contributed by atoms with E-state index >= 15 is 0 Å². The quantitative estimate of drug-likeness (QED) is 0.0211. The Hall–Kier alpha value is -3.59. The molecule has 78 heavy (non-hydrogen) atoms. The van der Waals surface area contributed by atoms with Crippen molar-refractivity contribution in [2.75, 3.05) is 47.5 Å². The first-order chi connectivity index (χ1) is 38.0. The van der Waals surface area contributed by atoms with Gasteiger partial charge in [0.2, 0.25) is 0 Å². The van der Waals surface area contributed by atoms with Crippen LogP contribution in [-0.4, -0.2) is 74.9 Å². The van der Waals surface area contributed by atoms with Gasteiger partial charge in [0.1, 0.15) is 19.8 Å². The van der Waals surface area contributed by atoms with E-state index in [9.17, 15) is 19.0 Å². The lowest BCUT2D eigenvalue weighted by Crippen LogP contribution is -2.37. The van der Waals surface area contributed by atoms with Gasteiger partial charge < -0.3 is 18.9 Å². The van der Waals surface area contributed by atoms with Gasteiger partial charge in [-0.1, -0.05) is 264 Å². The molecule has 0 aliphatic carbocycles. The molecule has 1 N–H and O–H groups in total. The van der Waals surface area contributed by atoms with Crippen LogP contribution in [0.2, 0.25) is 0 Å². The molecule has 0 saturated carbocycles. The molecule has 0 spiro atoms. The van der Waals surface area contributed by atoms with Gasteiger partial charge in [0, 0.05) is 12.8 Å².